The molecule has 0 spiro atoms. The van der Waals surface area contributed by atoms with E-state index in [1.807, 2.05) is 42.5 Å². The number of amides is 2. The van der Waals surface area contributed by atoms with Crippen molar-refractivity contribution >= 4 is 28.4 Å². The van der Waals surface area contributed by atoms with E-state index in [0.717, 1.165) is 27.7 Å². The highest BCUT2D eigenvalue weighted by atomic mass is 16.6. The van der Waals surface area contributed by atoms with Crippen LogP contribution in [0.2, 0.25) is 0 Å². The van der Waals surface area contributed by atoms with Crippen molar-refractivity contribution in [3.05, 3.63) is 99.2 Å². The molecule has 2 aliphatic heterocycles. The standard InChI is InChI=1S/C30H28N4O6/c1-39-25-12-7-18(15-26(25)40-2)13-14-32-17-27(35)33-24(30(32)36)16-22-21-5-3-4-6-23(21)31-28(22)29(33)19-8-10-20(11-9-19)34(37)38/h3-12,15,24,29,31H,13-14,16-17H2,1-2H3. The summed E-state index contributed by atoms with van der Waals surface area (Å²) in [4.78, 5) is 45.2. The number of hydrogen-bond donors (Lipinski definition) is 1. The number of rotatable bonds is 7. The number of ether oxygens (including phenoxy) is 2. The second-order valence-electron chi connectivity index (χ2n) is 10.0. The van der Waals surface area contributed by atoms with Gasteiger partial charge in [0.1, 0.15) is 6.04 Å². The molecule has 0 aliphatic carbocycles. The smallest absolute Gasteiger partial charge is 0.269 e. The molecule has 3 aromatic carbocycles. The van der Waals surface area contributed by atoms with Gasteiger partial charge >= 0.3 is 0 Å². The maximum Gasteiger partial charge on any atom is 0.269 e. The molecule has 204 valence electrons. The van der Waals surface area contributed by atoms with Crippen LogP contribution in [-0.2, 0) is 22.4 Å². The second kappa shape index (κ2) is 10.0. The average molecular weight is 541 g/mol. The quantitative estimate of drug-likeness (QED) is 0.280. The Morgan fingerprint density at radius 1 is 1.00 bits per heavy atom. The second-order valence-corrected chi connectivity index (χ2v) is 10.0. The minimum atomic E-state index is -0.682. The lowest BCUT2D eigenvalue weighted by Crippen LogP contribution is -2.63. The Morgan fingerprint density at radius 3 is 2.48 bits per heavy atom. The van der Waals surface area contributed by atoms with Gasteiger partial charge in [-0.2, -0.15) is 0 Å². The Bertz CT molecular complexity index is 1630. The molecule has 0 saturated carbocycles. The summed E-state index contributed by atoms with van der Waals surface area (Å²) in [6, 6.07) is 18.5. The lowest BCUT2D eigenvalue weighted by atomic mass is 9.86. The van der Waals surface area contributed by atoms with Gasteiger partial charge in [-0.15, -0.1) is 0 Å². The zero-order valence-electron chi connectivity index (χ0n) is 22.1. The first-order valence-electron chi connectivity index (χ1n) is 13.0. The predicted octanol–water partition coefficient (Wildman–Crippen LogP) is 4.02. The number of carbonyl (C=O) groups excluding carboxylic acids is 2. The monoisotopic (exact) mass is 540 g/mol. The average Bonchev–Trinajstić information content (AvgIpc) is 3.35. The van der Waals surface area contributed by atoms with Gasteiger partial charge < -0.3 is 24.3 Å². The Hall–Kier alpha value is -4.86. The minimum absolute atomic E-state index is 0.0321. The van der Waals surface area contributed by atoms with Crippen molar-refractivity contribution in [3.63, 3.8) is 0 Å². The molecule has 10 heteroatoms. The molecule has 2 unspecified atom stereocenters. The van der Waals surface area contributed by atoms with Gasteiger partial charge in [0.05, 0.1) is 31.7 Å². The number of methoxy groups -OCH3 is 2. The zero-order valence-corrected chi connectivity index (χ0v) is 22.1. The van der Waals surface area contributed by atoms with Crippen molar-refractivity contribution in [2.24, 2.45) is 0 Å². The third-order valence-electron chi connectivity index (χ3n) is 7.88. The number of H-pyrrole nitrogens is 1. The van der Waals surface area contributed by atoms with Gasteiger partial charge in [-0.1, -0.05) is 24.3 Å². The fourth-order valence-corrected chi connectivity index (χ4v) is 5.94. The van der Waals surface area contributed by atoms with E-state index in [-0.39, 0.29) is 24.0 Å². The molecule has 1 aromatic heterocycles. The maximum absolute atomic E-state index is 13.9. The summed E-state index contributed by atoms with van der Waals surface area (Å²) in [5.41, 5.74) is 4.39. The highest BCUT2D eigenvalue weighted by Gasteiger charge is 2.48. The molecule has 1 fully saturated rings. The predicted molar refractivity (Wildman–Crippen MR) is 147 cm³/mol. The first kappa shape index (κ1) is 25.4. The molecule has 6 rings (SSSR count). The fourth-order valence-electron chi connectivity index (χ4n) is 5.94. The van der Waals surface area contributed by atoms with Crippen LogP contribution in [0.1, 0.15) is 28.4 Å². The molecule has 1 N–H and O–H groups in total. The van der Waals surface area contributed by atoms with Crippen LogP contribution in [0.3, 0.4) is 0 Å². The summed E-state index contributed by atoms with van der Waals surface area (Å²) in [6.07, 6.45) is 0.941. The lowest BCUT2D eigenvalue weighted by molar-refractivity contribution is -0.384. The van der Waals surface area contributed by atoms with E-state index in [0.29, 0.717) is 36.4 Å². The molecular formula is C30H28N4O6. The number of carbonyl (C=O) groups is 2. The summed E-state index contributed by atoms with van der Waals surface area (Å²) < 4.78 is 10.7. The van der Waals surface area contributed by atoms with Gasteiger partial charge in [0.15, 0.2) is 11.5 Å². The number of nitro groups is 1. The summed E-state index contributed by atoms with van der Waals surface area (Å²) in [7, 11) is 3.15. The van der Waals surface area contributed by atoms with Gasteiger partial charge in [0, 0.05) is 41.7 Å². The molecule has 10 nitrogen and oxygen atoms in total. The lowest BCUT2D eigenvalue weighted by Gasteiger charge is -2.47. The number of piperazine rings is 1. The number of para-hydroxylation sites is 1. The number of nitrogens with zero attached hydrogens (tertiary/aromatic N) is 3. The Morgan fingerprint density at radius 2 is 1.75 bits per heavy atom. The molecule has 0 radical (unpaired) electrons. The Labute approximate surface area is 230 Å². The third kappa shape index (κ3) is 4.21. The topological polar surface area (TPSA) is 118 Å². The summed E-state index contributed by atoms with van der Waals surface area (Å²) in [6.45, 7) is 0.342. The summed E-state index contributed by atoms with van der Waals surface area (Å²) in [5, 5.41) is 12.3. The van der Waals surface area contributed by atoms with E-state index >= 15 is 0 Å². The van der Waals surface area contributed by atoms with Gasteiger partial charge in [-0.05, 0) is 53.4 Å². The molecule has 0 bridgehead atoms. The number of non-ortho nitro benzene ring substituents is 1. The van der Waals surface area contributed by atoms with Crippen LogP contribution in [0.15, 0.2) is 66.7 Å². The fraction of sp³-hybridized carbons (Fsp3) is 0.267. The van der Waals surface area contributed by atoms with Gasteiger partial charge in [0.2, 0.25) is 11.8 Å². The van der Waals surface area contributed by atoms with Crippen LogP contribution in [0.25, 0.3) is 10.9 Å². The molecule has 1 saturated heterocycles. The van der Waals surface area contributed by atoms with E-state index < -0.39 is 17.0 Å². The molecule has 3 heterocycles. The van der Waals surface area contributed by atoms with E-state index in [1.165, 1.54) is 12.1 Å². The molecule has 2 atom stereocenters. The highest BCUT2D eigenvalue weighted by molar-refractivity contribution is 5.97. The van der Waals surface area contributed by atoms with E-state index in [1.54, 1.807) is 36.2 Å². The largest absolute Gasteiger partial charge is 0.493 e. The molecule has 4 aromatic rings. The van der Waals surface area contributed by atoms with Crippen LogP contribution < -0.4 is 9.47 Å². The summed E-state index contributed by atoms with van der Waals surface area (Å²) in [5.74, 6) is 0.963. The van der Waals surface area contributed by atoms with Crippen LogP contribution in [0.4, 0.5) is 5.69 Å². The van der Waals surface area contributed by atoms with Crippen molar-refractivity contribution in [2.75, 3.05) is 27.3 Å². The molecule has 2 aliphatic rings. The van der Waals surface area contributed by atoms with E-state index in [4.69, 9.17) is 9.47 Å². The van der Waals surface area contributed by atoms with Gasteiger partial charge in [0.25, 0.3) is 5.69 Å². The van der Waals surface area contributed by atoms with Crippen LogP contribution in [-0.4, -0.2) is 64.9 Å². The van der Waals surface area contributed by atoms with Crippen LogP contribution in [0, 0.1) is 10.1 Å². The summed E-state index contributed by atoms with van der Waals surface area (Å²) >= 11 is 0. The van der Waals surface area contributed by atoms with Crippen molar-refractivity contribution < 1.29 is 24.0 Å². The molecule has 2 amide bonds. The zero-order chi connectivity index (χ0) is 28.0. The number of hydrogen-bond acceptors (Lipinski definition) is 6. The van der Waals surface area contributed by atoms with Crippen molar-refractivity contribution in [3.8, 4) is 11.5 Å². The van der Waals surface area contributed by atoms with Crippen molar-refractivity contribution in [2.45, 2.75) is 24.9 Å². The number of nitro benzene ring substituents is 1. The highest BCUT2D eigenvalue weighted by Crippen LogP contribution is 2.42. The minimum Gasteiger partial charge on any atom is -0.493 e. The SMILES string of the molecule is COc1ccc(CCN2CC(=O)N3C(Cc4c([nH]c5ccccc45)C3c3ccc([N+](=O)[O-])cc3)C2=O)cc1OC. The first-order chi connectivity index (χ1) is 19.4. The molecular weight excluding hydrogens is 512 g/mol. The van der Waals surface area contributed by atoms with Crippen LogP contribution >= 0.6 is 0 Å². The van der Waals surface area contributed by atoms with Gasteiger partial charge in [-0.3, -0.25) is 19.7 Å². The Balaban J connectivity index is 1.34. The maximum atomic E-state index is 13.9. The number of benzene rings is 3. The number of aromatic amines is 1. The van der Waals surface area contributed by atoms with Crippen molar-refractivity contribution in [1.29, 1.82) is 0 Å². The van der Waals surface area contributed by atoms with E-state index in [2.05, 4.69) is 4.98 Å². The number of aromatic nitrogens is 1. The number of nitrogens with one attached hydrogen (secondary N) is 1. The number of fused-ring (bicyclic) bond motifs is 4. The molecule has 40 heavy (non-hydrogen) atoms. The normalized spacial score (nSPS) is 18.4. The van der Waals surface area contributed by atoms with Crippen molar-refractivity contribution in [1.82, 2.24) is 14.8 Å². The van der Waals surface area contributed by atoms with E-state index in [9.17, 15) is 19.7 Å². The third-order valence-corrected chi connectivity index (χ3v) is 7.88. The Kier molecular flexibility index (Phi) is 6.37. The first-order valence-corrected chi connectivity index (χ1v) is 13.0. The van der Waals surface area contributed by atoms with Gasteiger partial charge in [-0.25, -0.2) is 0 Å². The van der Waals surface area contributed by atoms with Crippen LogP contribution in [0.5, 0.6) is 11.5 Å².